The monoisotopic (exact) mass is 358 g/mol. The van der Waals surface area contributed by atoms with E-state index in [1.54, 1.807) is 0 Å². The van der Waals surface area contributed by atoms with Gasteiger partial charge < -0.3 is 5.32 Å². The number of hydrogen-bond donors (Lipinski definition) is 1. The Morgan fingerprint density at radius 2 is 2.00 bits per heavy atom. The number of halogens is 1. The number of likely N-dealkylation sites (tertiary alicyclic amines) is 1. The maximum atomic E-state index is 12.3. The molecule has 0 saturated carbocycles. The van der Waals surface area contributed by atoms with E-state index < -0.39 is 0 Å². The van der Waals surface area contributed by atoms with Crippen LogP contribution in [0.1, 0.15) is 24.4 Å². The Labute approximate surface area is 139 Å². The van der Waals surface area contributed by atoms with Crippen LogP contribution < -0.4 is 5.32 Å². The second-order valence-electron chi connectivity index (χ2n) is 5.60. The first-order chi connectivity index (χ1) is 10.7. The molecule has 1 amide bonds. The minimum atomic E-state index is 0.0425. The fourth-order valence-corrected chi connectivity index (χ4v) is 3.42. The van der Waals surface area contributed by atoms with E-state index in [0.717, 1.165) is 29.5 Å². The number of rotatable bonds is 4. The first-order valence-corrected chi connectivity index (χ1v) is 8.36. The van der Waals surface area contributed by atoms with E-state index >= 15 is 0 Å². The minimum absolute atomic E-state index is 0.0425. The van der Waals surface area contributed by atoms with E-state index in [1.807, 2.05) is 30.3 Å². The molecular formula is C18H19BrN2O. The van der Waals surface area contributed by atoms with Crippen molar-refractivity contribution >= 4 is 27.5 Å². The van der Waals surface area contributed by atoms with Crippen molar-refractivity contribution in [1.82, 2.24) is 4.90 Å². The molecule has 1 atom stereocenters. The Balaban J connectivity index is 1.63. The maximum Gasteiger partial charge on any atom is 0.238 e. The molecule has 3 nitrogen and oxygen atoms in total. The highest BCUT2D eigenvalue weighted by atomic mass is 79.9. The van der Waals surface area contributed by atoms with Gasteiger partial charge in [-0.1, -0.05) is 52.3 Å². The molecule has 22 heavy (non-hydrogen) atoms. The third kappa shape index (κ3) is 3.76. The Hall–Kier alpha value is -1.65. The number of hydrogen-bond acceptors (Lipinski definition) is 2. The van der Waals surface area contributed by atoms with Gasteiger partial charge in [-0.15, -0.1) is 0 Å². The molecule has 3 rings (SSSR count). The molecule has 0 radical (unpaired) electrons. The zero-order chi connectivity index (χ0) is 15.4. The van der Waals surface area contributed by atoms with Crippen LogP contribution in [0.3, 0.4) is 0 Å². The summed E-state index contributed by atoms with van der Waals surface area (Å²) in [5.41, 5.74) is 2.13. The maximum absolute atomic E-state index is 12.3. The third-order valence-electron chi connectivity index (χ3n) is 4.00. The van der Waals surface area contributed by atoms with Crippen LogP contribution in [-0.2, 0) is 4.79 Å². The lowest BCUT2D eigenvalue weighted by atomic mass is 10.0. The van der Waals surface area contributed by atoms with Gasteiger partial charge in [-0.25, -0.2) is 0 Å². The second-order valence-corrected chi connectivity index (χ2v) is 6.51. The number of anilines is 1. The molecule has 1 unspecified atom stereocenters. The van der Waals surface area contributed by atoms with Crippen molar-refractivity contribution < 1.29 is 4.79 Å². The fourth-order valence-electron chi connectivity index (χ4n) is 3.02. The summed E-state index contributed by atoms with van der Waals surface area (Å²) in [6, 6.07) is 18.5. The van der Waals surface area contributed by atoms with Crippen molar-refractivity contribution in [2.24, 2.45) is 0 Å². The lowest BCUT2D eigenvalue weighted by molar-refractivity contribution is -0.117. The first kappa shape index (κ1) is 15.3. The molecule has 4 heteroatoms. The second kappa shape index (κ2) is 7.07. The van der Waals surface area contributed by atoms with Gasteiger partial charge in [0.15, 0.2) is 0 Å². The molecule has 1 saturated heterocycles. The van der Waals surface area contributed by atoms with Crippen LogP contribution in [0.5, 0.6) is 0 Å². The topological polar surface area (TPSA) is 32.3 Å². The van der Waals surface area contributed by atoms with E-state index in [1.165, 1.54) is 5.56 Å². The van der Waals surface area contributed by atoms with Gasteiger partial charge in [0.25, 0.3) is 0 Å². The van der Waals surface area contributed by atoms with Crippen LogP contribution in [0, 0.1) is 0 Å². The summed E-state index contributed by atoms with van der Waals surface area (Å²) in [6.45, 7) is 1.41. The van der Waals surface area contributed by atoms with Gasteiger partial charge in [-0.3, -0.25) is 9.69 Å². The molecule has 2 aromatic carbocycles. The zero-order valence-corrected chi connectivity index (χ0v) is 13.9. The van der Waals surface area contributed by atoms with Crippen molar-refractivity contribution in [2.45, 2.75) is 18.9 Å². The minimum Gasteiger partial charge on any atom is -0.325 e. The molecule has 0 aromatic heterocycles. The lowest BCUT2D eigenvalue weighted by Crippen LogP contribution is -2.32. The molecule has 1 heterocycles. The average Bonchev–Trinajstić information content (AvgIpc) is 2.96. The van der Waals surface area contributed by atoms with E-state index in [0.29, 0.717) is 12.6 Å². The molecule has 1 aliphatic rings. The Kier molecular flexibility index (Phi) is 4.90. The standard InChI is InChI=1S/C18H19BrN2O/c19-15-8-4-9-16(12-15)20-18(22)13-21-11-5-10-17(21)14-6-2-1-3-7-14/h1-4,6-9,12,17H,5,10-11,13H2,(H,20,22). The van der Waals surface area contributed by atoms with Crippen molar-refractivity contribution in [2.75, 3.05) is 18.4 Å². The van der Waals surface area contributed by atoms with Crippen LogP contribution in [0.15, 0.2) is 59.1 Å². The normalized spacial score (nSPS) is 18.3. The number of carbonyl (C=O) groups excluding carboxylic acids is 1. The Morgan fingerprint density at radius 1 is 1.18 bits per heavy atom. The van der Waals surface area contributed by atoms with Gasteiger partial charge in [0.05, 0.1) is 6.54 Å². The smallest absolute Gasteiger partial charge is 0.238 e. The lowest BCUT2D eigenvalue weighted by Gasteiger charge is -2.24. The highest BCUT2D eigenvalue weighted by Gasteiger charge is 2.27. The molecule has 0 aliphatic carbocycles. The SMILES string of the molecule is O=C(CN1CCCC1c1ccccc1)Nc1cccc(Br)c1. The average molecular weight is 359 g/mol. The fraction of sp³-hybridized carbons (Fsp3) is 0.278. The van der Waals surface area contributed by atoms with Crippen LogP contribution >= 0.6 is 15.9 Å². The molecule has 1 N–H and O–H groups in total. The Bertz CT molecular complexity index is 645. The van der Waals surface area contributed by atoms with E-state index in [2.05, 4.69) is 50.4 Å². The van der Waals surface area contributed by atoms with Gasteiger partial charge in [-0.05, 0) is 43.1 Å². The number of carbonyl (C=O) groups is 1. The summed E-state index contributed by atoms with van der Waals surface area (Å²) >= 11 is 3.42. The summed E-state index contributed by atoms with van der Waals surface area (Å²) in [7, 11) is 0. The van der Waals surface area contributed by atoms with Crippen molar-refractivity contribution in [1.29, 1.82) is 0 Å². The highest BCUT2D eigenvalue weighted by Crippen LogP contribution is 2.31. The van der Waals surface area contributed by atoms with Gasteiger partial charge in [-0.2, -0.15) is 0 Å². The van der Waals surface area contributed by atoms with Crippen LogP contribution in [0.2, 0.25) is 0 Å². The summed E-state index contributed by atoms with van der Waals surface area (Å²) in [4.78, 5) is 14.6. The van der Waals surface area contributed by atoms with E-state index in [-0.39, 0.29) is 5.91 Å². The van der Waals surface area contributed by atoms with Crippen molar-refractivity contribution in [3.8, 4) is 0 Å². The van der Waals surface area contributed by atoms with Crippen molar-refractivity contribution in [3.05, 3.63) is 64.6 Å². The highest BCUT2D eigenvalue weighted by molar-refractivity contribution is 9.10. The predicted octanol–water partition coefficient (Wildman–Crippen LogP) is 4.22. The van der Waals surface area contributed by atoms with Crippen molar-refractivity contribution in [3.63, 3.8) is 0 Å². The molecule has 1 aliphatic heterocycles. The van der Waals surface area contributed by atoms with E-state index in [4.69, 9.17) is 0 Å². The molecular weight excluding hydrogens is 340 g/mol. The quantitative estimate of drug-likeness (QED) is 0.886. The summed E-state index contributed by atoms with van der Waals surface area (Å²) in [5.74, 6) is 0.0425. The van der Waals surface area contributed by atoms with Crippen LogP contribution in [0.25, 0.3) is 0 Å². The predicted molar refractivity (Wildman–Crippen MR) is 92.8 cm³/mol. The number of nitrogens with one attached hydrogen (secondary N) is 1. The number of amides is 1. The third-order valence-corrected chi connectivity index (χ3v) is 4.50. The van der Waals surface area contributed by atoms with Gasteiger partial charge >= 0.3 is 0 Å². The zero-order valence-electron chi connectivity index (χ0n) is 12.3. The van der Waals surface area contributed by atoms with Crippen LogP contribution in [-0.4, -0.2) is 23.9 Å². The largest absolute Gasteiger partial charge is 0.325 e. The number of nitrogens with zero attached hydrogens (tertiary/aromatic N) is 1. The molecule has 0 bridgehead atoms. The molecule has 2 aromatic rings. The summed E-state index contributed by atoms with van der Waals surface area (Å²) < 4.78 is 0.966. The van der Waals surface area contributed by atoms with E-state index in [9.17, 15) is 4.79 Å². The van der Waals surface area contributed by atoms with Crippen LogP contribution in [0.4, 0.5) is 5.69 Å². The molecule has 1 fully saturated rings. The van der Waals surface area contributed by atoms with Gasteiger partial charge in [0.1, 0.15) is 0 Å². The summed E-state index contributed by atoms with van der Waals surface area (Å²) in [5, 5.41) is 2.97. The summed E-state index contributed by atoms with van der Waals surface area (Å²) in [6.07, 6.45) is 2.26. The molecule has 114 valence electrons. The van der Waals surface area contributed by atoms with Gasteiger partial charge in [0, 0.05) is 16.2 Å². The number of benzene rings is 2. The first-order valence-electron chi connectivity index (χ1n) is 7.57. The van der Waals surface area contributed by atoms with Gasteiger partial charge in [0.2, 0.25) is 5.91 Å². The molecule has 0 spiro atoms. The Morgan fingerprint density at radius 3 is 2.77 bits per heavy atom.